The molecule has 1 fully saturated rings. The van der Waals surface area contributed by atoms with Crippen molar-refractivity contribution in [1.29, 1.82) is 0 Å². The van der Waals surface area contributed by atoms with Crippen LogP contribution in [0.3, 0.4) is 0 Å². The summed E-state index contributed by atoms with van der Waals surface area (Å²) >= 11 is 0. The SMILES string of the molecule is CC1(CCN2CCOCC2)Oc2ccccc2O1.Cl. The zero-order valence-electron chi connectivity index (χ0n) is 11.1. The van der Waals surface area contributed by atoms with Gasteiger partial charge in [-0.15, -0.1) is 12.4 Å². The van der Waals surface area contributed by atoms with E-state index in [0.29, 0.717) is 0 Å². The van der Waals surface area contributed by atoms with Crippen LogP contribution in [0.2, 0.25) is 0 Å². The summed E-state index contributed by atoms with van der Waals surface area (Å²) in [5.41, 5.74) is 0. The molecule has 4 nitrogen and oxygen atoms in total. The predicted molar refractivity (Wildman–Crippen MR) is 75.2 cm³/mol. The zero-order chi connectivity index (χ0) is 12.4. The van der Waals surface area contributed by atoms with Crippen molar-refractivity contribution in [2.45, 2.75) is 19.1 Å². The summed E-state index contributed by atoms with van der Waals surface area (Å²) in [6, 6.07) is 7.84. The molecule has 0 saturated carbocycles. The molecule has 5 heteroatoms. The summed E-state index contributed by atoms with van der Waals surface area (Å²) in [6.45, 7) is 6.66. The molecule has 0 unspecified atom stereocenters. The molecule has 0 bridgehead atoms. The highest BCUT2D eigenvalue weighted by molar-refractivity contribution is 5.85. The lowest BCUT2D eigenvalue weighted by atomic mass is 10.2. The van der Waals surface area contributed by atoms with Crippen LogP contribution in [-0.4, -0.2) is 43.5 Å². The van der Waals surface area contributed by atoms with Crippen LogP contribution in [0.25, 0.3) is 0 Å². The van der Waals surface area contributed by atoms with Crippen LogP contribution in [0.1, 0.15) is 13.3 Å². The van der Waals surface area contributed by atoms with E-state index in [1.165, 1.54) is 0 Å². The van der Waals surface area contributed by atoms with E-state index in [-0.39, 0.29) is 12.4 Å². The summed E-state index contributed by atoms with van der Waals surface area (Å²) in [5, 5.41) is 0. The minimum atomic E-state index is -0.526. The fourth-order valence-corrected chi connectivity index (χ4v) is 2.39. The maximum Gasteiger partial charge on any atom is 0.250 e. The van der Waals surface area contributed by atoms with E-state index < -0.39 is 5.79 Å². The van der Waals surface area contributed by atoms with Crippen molar-refractivity contribution in [2.24, 2.45) is 0 Å². The molecule has 0 radical (unpaired) electrons. The van der Waals surface area contributed by atoms with Gasteiger partial charge in [0, 0.05) is 33.0 Å². The number of halogens is 1. The Labute approximate surface area is 120 Å². The molecular weight excluding hydrogens is 266 g/mol. The Morgan fingerprint density at radius 2 is 1.68 bits per heavy atom. The minimum Gasteiger partial charge on any atom is -0.449 e. The van der Waals surface area contributed by atoms with Gasteiger partial charge in [-0.05, 0) is 12.1 Å². The van der Waals surface area contributed by atoms with Gasteiger partial charge in [0.05, 0.1) is 13.2 Å². The maximum absolute atomic E-state index is 5.91. The molecule has 19 heavy (non-hydrogen) atoms. The van der Waals surface area contributed by atoms with E-state index in [1.54, 1.807) is 0 Å². The van der Waals surface area contributed by atoms with Crippen molar-refractivity contribution in [3.8, 4) is 11.5 Å². The van der Waals surface area contributed by atoms with Crippen LogP contribution in [-0.2, 0) is 4.74 Å². The number of nitrogens with zero attached hydrogens (tertiary/aromatic N) is 1. The number of morpholine rings is 1. The summed E-state index contributed by atoms with van der Waals surface area (Å²) in [7, 11) is 0. The largest absolute Gasteiger partial charge is 0.449 e. The minimum absolute atomic E-state index is 0. The number of ether oxygens (including phenoxy) is 3. The van der Waals surface area contributed by atoms with Crippen LogP contribution in [0.5, 0.6) is 11.5 Å². The second-order valence-electron chi connectivity index (χ2n) is 4.99. The molecule has 1 aromatic rings. The lowest BCUT2D eigenvalue weighted by Crippen LogP contribution is -2.43. The van der Waals surface area contributed by atoms with E-state index in [2.05, 4.69) is 4.90 Å². The number of hydrogen-bond acceptors (Lipinski definition) is 4. The molecule has 0 atom stereocenters. The molecule has 0 N–H and O–H groups in total. The Bertz CT molecular complexity index is 396. The highest BCUT2D eigenvalue weighted by Crippen LogP contribution is 2.40. The van der Waals surface area contributed by atoms with Crippen molar-refractivity contribution in [3.63, 3.8) is 0 Å². The van der Waals surface area contributed by atoms with Crippen LogP contribution in [0.4, 0.5) is 0 Å². The van der Waals surface area contributed by atoms with Crippen molar-refractivity contribution in [3.05, 3.63) is 24.3 Å². The third-order valence-corrected chi connectivity index (χ3v) is 3.49. The maximum atomic E-state index is 5.91. The number of rotatable bonds is 3. The van der Waals surface area contributed by atoms with Gasteiger partial charge in [0.25, 0.3) is 0 Å². The number of para-hydroxylation sites is 2. The number of benzene rings is 1. The second-order valence-corrected chi connectivity index (χ2v) is 4.99. The molecule has 0 amide bonds. The molecule has 106 valence electrons. The van der Waals surface area contributed by atoms with Gasteiger partial charge in [-0.1, -0.05) is 12.1 Å². The van der Waals surface area contributed by atoms with Gasteiger partial charge in [-0.3, -0.25) is 4.90 Å². The molecule has 3 rings (SSSR count). The van der Waals surface area contributed by atoms with Gasteiger partial charge in [0.15, 0.2) is 11.5 Å². The lowest BCUT2D eigenvalue weighted by Gasteiger charge is -2.30. The van der Waals surface area contributed by atoms with Crippen LogP contribution >= 0.6 is 12.4 Å². The quantitative estimate of drug-likeness (QED) is 0.853. The first-order valence-corrected chi connectivity index (χ1v) is 6.52. The van der Waals surface area contributed by atoms with Crippen LogP contribution < -0.4 is 9.47 Å². The van der Waals surface area contributed by atoms with Crippen molar-refractivity contribution >= 4 is 12.4 Å². The molecule has 1 saturated heterocycles. The van der Waals surface area contributed by atoms with Crippen LogP contribution in [0, 0.1) is 0 Å². The summed E-state index contributed by atoms with van der Waals surface area (Å²) in [6.07, 6.45) is 0.863. The first-order chi connectivity index (χ1) is 8.75. The van der Waals surface area contributed by atoms with Crippen molar-refractivity contribution < 1.29 is 14.2 Å². The molecule has 2 heterocycles. The molecular formula is C14H20ClNO3. The molecule has 0 aliphatic carbocycles. The molecule has 1 aromatic carbocycles. The first-order valence-electron chi connectivity index (χ1n) is 6.52. The van der Waals surface area contributed by atoms with E-state index in [4.69, 9.17) is 14.2 Å². The van der Waals surface area contributed by atoms with Gasteiger partial charge in [-0.2, -0.15) is 0 Å². The van der Waals surface area contributed by atoms with Gasteiger partial charge >= 0.3 is 0 Å². The monoisotopic (exact) mass is 285 g/mol. The van der Waals surface area contributed by atoms with Crippen molar-refractivity contribution in [1.82, 2.24) is 4.90 Å². The highest BCUT2D eigenvalue weighted by atomic mass is 35.5. The number of fused-ring (bicyclic) bond motifs is 1. The smallest absolute Gasteiger partial charge is 0.250 e. The molecule has 2 aliphatic heterocycles. The Morgan fingerprint density at radius 1 is 1.11 bits per heavy atom. The topological polar surface area (TPSA) is 30.9 Å². The van der Waals surface area contributed by atoms with E-state index in [1.807, 2.05) is 31.2 Å². The molecule has 0 spiro atoms. The summed E-state index contributed by atoms with van der Waals surface area (Å²) in [5.74, 6) is 1.17. The Morgan fingerprint density at radius 3 is 2.26 bits per heavy atom. The second kappa shape index (κ2) is 5.99. The van der Waals surface area contributed by atoms with Gasteiger partial charge in [0.2, 0.25) is 5.79 Å². The lowest BCUT2D eigenvalue weighted by molar-refractivity contribution is -0.0776. The van der Waals surface area contributed by atoms with Crippen molar-refractivity contribution in [2.75, 3.05) is 32.8 Å². The zero-order valence-corrected chi connectivity index (χ0v) is 11.9. The Balaban J connectivity index is 0.00000133. The Kier molecular flexibility index (Phi) is 4.55. The third-order valence-electron chi connectivity index (χ3n) is 3.49. The van der Waals surface area contributed by atoms with Gasteiger partial charge in [-0.25, -0.2) is 0 Å². The highest BCUT2D eigenvalue weighted by Gasteiger charge is 2.36. The average molecular weight is 286 g/mol. The van der Waals surface area contributed by atoms with E-state index in [0.717, 1.165) is 50.8 Å². The normalized spacial score (nSPS) is 20.9. The van der Waals surface area contributed by atoms with Crippen LogP contribution in [0.15, 0.2) is 24.3 Å². The third kappa shape index (κ3) is 3.32. The predicted octanol–water partition coefficient (Wildman–Crippen LogP) is 2.32. The fourth-order valence-electron chi connectivity index (χ4n) is 2.39. The fraction of sp³-hybridized carbons (Fsp3) is 0.571. The van der Waals surface area contributed by atoms with E-state index in [9.17, 15) is 0 Å². The summed E-state index contributed by atoms with van der Waals surface area (Å²) < 4.78 is 17.2. The van der Waals surface area contributed by atoms with Gasteiger partial charge < -0.3 is 14.2 Å². The van der Waals surface area contributed by atoms with Gasteiger partial charge in [0.1, 0.15) is 0 Å². The first kappa shape index (κ1) is 14.4. The average Bonchev–Trinajstić information content (AvgIpc) is 2.74. The number of hydrogen-bond donors (Lipinski definition) is 0. The summed E-state index contributed by atoms with van der Waals surface area (Å²) in [4.78, 5) is 2.39. The standard InChI is InChI=1S/C14H19NO3.ClH/c1-14(6-7-15-8-10-16-11-9-15)17-12-4-2-3-5-13(12)18-14;/h2-5H,6-11H2,1H3;1H. The van der Waals surface area contributed by atoms with E-state index >= 15 is 0 Å². The molecule has 0 aromatic heterocycles. The Hall–Kier alpha value is -0.970. The molecule has 2 aliphatic rings.